The Hall–Kier alpha value is -8.46. The Morgan fingerprint density at radius 3 is 1.42 bits per heavy atom. The zero-order valence-electron chi connectivity index (χ0n) is 35.9. The van der Waals surface area contributed by atoms with Gasteiger partial charge in [-0.2, -0.15) is 0 Å². The fourth-order valence-corrected chi connectivity index (χ4v) is 9.98. The fourth-order valence-electron chi connectivity index (χ4n) is 9.98. The van der Waals surface area contributed by atoms with Crippen LogP contribution in [0, 0.1) is 0 Å². The first-order valence-electron chi connectivity index (χ1n) is 22.4. The largest absolute Gasteiger partial charge is 0.311 e. The second-order valence-corrected chi connectivity index (χ2v) is 17.0. The molecule has 1 aliphatic carbocycles. The molecule has 0 atom stereocenters. The molecule has 11 aromatic rings. The summed E-state index contributed by atoms with van der Waals surface area (Å²) in [7, 11) is 0. The van der Waals surface area contributed by atoms with Gasteiger partial charge in [0.2, 0.25) is 0 Å². The van der Waals surface area contributed by atoms with E-state index in [1.807, 2.05) is 0 Å². The number of anilines is 5. The Morgan fingerprint density at radius 1 is 0.308 bits per heavy atom. The van der Waals surface area contributed by atoms with Crippen molar-refractivity contribution in [2.75, 3.05) is 9.80 Å². The van der Waals surface area contributed by atoms with Crippen LogP contribution in [0.25, 0.3) is 70.6 Å². The van der Waals surface area contributed by atoms with E-state index in [1.54, 1.807) is 0 Å². The molecule has 0 amide bonds. The van der Waals surface area contributed by atoms with Crippen molar-refractivity contribution in [2.45, 2.75) is 6.42 Å². The number of hydrogen-bond donors (Lipinski definition) is 0. The van der Waals surface area contributed by atoms with Crippen molar-refractivity contribution in [3.05, 3.63) is 266 Å². The van der Waals surface area contributed by atoms with Crippen LogP contribution in [0.15, 0.2) is 255 Å². The third-order valence-corrected chi connectivity index (χ3v) is 13.1. The lowest BCUT2D eigenvalue weighted by Gasteiger charge is -2.27. The van der Waals surface area contributed by atoms with Gasteiger partial charge in [-0.15, -0.1) is 0 Å². The molecule has 12 rings (SSSR count). The highest BCUT2D eigenvalue weighted by Crippen LogP contribution is 2.45. The maximum Gasteiger partial charge on any atom is 0.0468 e. The Kier molecular flexibility index (Phi) is 9.43. The number of benzene rings is 11. The number of fused-ring (bicyclic) bond motifs is 11. The standard InChI is InChI=1S/C63H44N2/c1-43-28-32-51(64(49-21-4-2-5-22-49)50-23-6-3-7-24-50)33-31-46-18-12-13-25-55(46)61-42-63-58-37-36-54(40-60(58)56-26-14-15-27-57(56)62(63)41-59(43)61)65(52-34-29-44-16-8-10-19-47(44)38-52)53-35-30-45-17-9-11-20-48(45)39-53/h2-30,32-42H,1,31H2/b32-28-,51-33+. The number of nitrogens with zero attached hydrogens (tertiary/aromatic N) is 2. The van der Waals surface area contributed by atoms with Gasteiger partial charge in [0.05, 0.1) is 0 Å². The van der Waals surface area contributed by atoms with Crippen molar-refractivity contribution in [1.29, 1.82) is 0 Å². The minimum Gasteiger partial charge on any atom is -0.311 e. The van der Waals surface area contributed by atoms with Gasteiger partial charge < -0.3 is 9.80 Å². The van der Waals surface area contributed by atoms with Crippen LogP contribution in [0.2, 0.25) is 0 Å². The van der Waals surface area contributed by atoms with E-state index in [4.69, 9.17) is 6.58 Å². The Balaban J connectivity index is 1.05. The normalized spacial score (nSPS) is 13.9. The first-order valence-corrected chi connectivity index (χ1v) is 22.4. The highest BCUT2D eigenvalue weighted by Gasteiger charge is 2.21. The average molecular weight is 829 g/mol. The average Bonchev–Trinajstić information content (AvgIpc) is 3.37. The van der Waals surface area contributed by atoms with Crippen LogP contribution >= 0.6 is 0 Å². The van der Waals surface area contributed by atoms with E-state index in [0.717, 1.165) is 51.7 Å². The third kappa shape index (κ3) is 6.84. The van der Waals surface area contributed by atoms with Crippen molar-refractivity contribution in [1.82, 2.24) is 0 Å². The molecule has 11 aromatic carbocycles. The van der Waals surface area contributed by atoms with Crippen LogP contribution in [0.5, 0.6) is 0 Å². The first-order chi connectivity index (χ1) is 32.1. The molecule has 0 heterocycles. The minimum atomic E-state index is 0.761. The first kappa shape index (κ1) is 38.2. The zero-order valence-corrected chi connectivity index (χ0v) is 35.9. The Bertz CT molecular complexity index is 3590. The van der Waals surface area contributed by atoms with Crippen LogP contribution in [-0.4, -0.2) is 0 Å². The van der Waals surface area contributed by atoms with Gasteiger partial charge in [0.1, 0.15) is 0 Å². The van der Waals surface area contributed by atoms with Crippen LogP contribution in [0.3, 0.4) is 0 Å². The molecule has 0 bridgehead atoms. The third-order valence-electron chi connectivity index (χ3n) is 13.1. The van der Waals surface area contributed by atoms with Crippen LogP contribution < -0.4 is 9.80 Å². The monoisotopic (exact) mass is 828 g/mol. The van der Waals surface area contributed by atoms with E-state index in [-0.39, 0.29) is 0 Å². The molecular formula is C63H44N2. The molecule has 0 fully saturated rings. The summed E-state index contributed by atoms with van der Waals surface area (Å²) in [6.45, 7) is 4.78. The van der Waals surface area contributed by atoms with Gasteiger partial charge >= 0.3 is 0 Å². The highest BCUT2D eigenvalue weighted by molar-refractivity contribution is 6.27. The molecule has 0 unspecified atom stereocenters. The van der Waals surface area contributed by atoms with Crippen molar-refractivity contribution in [3.63, 3.8) is 0 Å². The van der Waals surface area contributed by atoms with E-state index in [1.165, 1.54) is 70.6 Å². The summed E-state index contributed by atoms with van der Waals surface area (Å²) >= 11 is 0. The molecule has 2 heteroatoms. The van der Waals surface area contributed by atoms with Gasteiger partial charge in [0, 0.05) is 34.1 Å². The SMILES string of the molecule is C=C1/C=C\C(N(c2ccccc2)c2ccccc2)=C/Cc2ccccc2-c2cc3c4ccc(N(c5ccc6ccccc6c5)c5ccc6ccccc6c5)cc4c4ccccc4c3cc21. The lowest BCUT2D eigenvalue weighted by atomic mass is 9.85. The van der Waals surface area contributed by atoms with Gasteiger partial charge in [-0.1, -0.05) is 170 Å². The summed E-state index contributed by atoms with van der Waals surface area (Å²) in [4.78, 5) is 4.75. The summed E-state index contributed by atoms with van der Waals surface area (Å²) in [5, 5.41) is 12.2. The predicted octanol–water partition coefficient (Wildman–Crippen LogP) is 17.4. The second-order valence-electron chi connectivity index (χ2n) is 17.0. The topological polar surface area (TPSA) is 6.48 Å². The molecule has 0 saturated carbocycles. The number of rotatable bonds is 6. The van der Waals surface area contributed by atoms with Gasteiger partial charge in [0.15, 0.2) is 0 Å². The predicted molar refractivity (Wildman–Crippen MR) is 279 cm³/mol. The van der Waals surface area contributed by atoms with Crippen molar-refractivity contribution < 1.29 is 0 Å². The van der Waals surface area contributed by atoms with Gasteiger partial charge in [0.25, 0.3) is 0 Å². The molecule has 0 spiro atoms. The zero-order chi connectivity index (χ0) is 43.3. The van der Waals surface area contributed by atoms with E-state index in [0.29, 0.717) is 0 Å². The minimum absolute atomic E-state index is 0.761. The number of para-hydroxylation sites is 2. The maximum atomic E-state index is 4.78. The van der Waals surface area contributed by atoms with Gasteiger partial charge in [-0.3, -0.25) is 0 Å². The van der Waals surface area contributed by atoms with Crippen molar-refractivity contribution >= 4 is 87.9 Å². The molecule has 1 aliphatic rings. The quantitative estimate of drug-likeness (QED) is 0.154. The summed E-state index contributed by atoms with van der Waals surface area (Å²) in [5.74, 6) is 0. The Labute approximate surface area is 379 Å². The van der Waals surface area contributed by atoms with Crippen LogP contribution in [-0.2, 0) is 6.42 Å². The van der Waals surface area contributed by atoms with E-state index in [9.17, 15) is 0 Å². The van der Waals surface area contributed by atoms with E-state index < -0.39 is 0 Å². The summed E-state index contributed by atoms with van der Waals surface area (Å²) in [5.41, 5.74) is 12.4. The molecule has 65 heavy (non-hydrogen) atoms. The highest BCUT2D eigenvalue weighted by atomic mass is 15.1. The molecule has 0 radical (unpaired) electrons. The molecule has 2 nitrogen and oxygen atoms in total. The summed E-state index contributed by atoms with van der Waals surface area (Å²) in [6, 6.07) is 81.8. The molecular weight excluding hydrogens is 785 g/mol. The lowest BCUT2D eigenvalue weighted by molar-refractivity contribution is 1.16. The number of hydrogen-bond acceptors (Lipinski definition) is 2. The molecule has 0 aliphatic heterocycles. The summed E-state index contributed by atoms with van der Waals surface area (Å²) in [6.07, 6.45) is 7.56. The van der Waals surface area contributed by atoms with Crippen molar-refractivity contribution in [2.24, 2.45) is 0 Å². The molecule has 306 valence electrons. The molecule has 0 aromatic heterocycles. The van der Waals surface area contributed by atoms with Crippen LogP contribution in [0.1, 0.15) is 11.1 Å². The lowest BCUT2D eigenvalue weighted by Crippen LogP contribution is -2.15. The fraction of sp³-hybridized carbons (Fsp3) is 0.0159. The van der Waals surface area contributed by atoms with Gasteiger partial charge in [-0.25, -0.2) is 0 Å². The molecule has 0 N–H and O–H groups in total. The van der Waals surface area contributed by atoms with E-state index >= 15 is 0 Å². The van der Waals surface area contributed by atoms with E-state index in [2.05, 4.69) is 252 Å². The smallest absolute Gasteiger partial charge is 0.0468 e. The second kappa shape index (κ2) is 16.0. The van der Waals surface area contributed by atoms with Gasteiger partial charge in [-0.05, 0) is 167 Å². The maximum absolute atomic E-state index is 4.78. The molecule has 0 saturated heterocycles. The Morgan fingerprint density at radius 2 is 0.785 bits per heavy atom. The van der Waals surface area contributed by atoms with Crippen LogP contribution in [0.4, 0.5) is 28.4 Å². The van der Waals surface area contributed by atoms with Crippen molar-refractivity contribution in [3.8, 4) is 11.1 Å². The number of allylic oxidation sites excluding steroid dienone is 4. The summed E-state index contributed by atoms with van der Waals surface area (Å²) < 4.78 is 0.